The van der Waals surface area contributed by atoms with Gasteiger partial charge in [-0.1, -0.05) is 19.1 Å². The van der Waals surface area contributed by atoms with Crippen molar-refractivity contribution in [2.24, 2.45) is 5.92 Å². The van der Waals surface area contributed by atoms with E-state index in [-0.39, 0.29) is 5.91 Å². The zero-order valence-electron chi connectivity index (χ0n) is 15.7. The fourth-order valence-corrected chi connectivity index (χ4v) is 4.67. The van der Waals surface area contributed by atoms with Crippen LogP contribution in [0, 0.1) is 5.92 Å². The van der Waals surface area contributed by atoms with Gasteiger partial charge in [0.25, 0.3) is 11.8 Å². The minimum Gasteiger partial charge on any atom is -0.408 e. The van der Waals surface area contributed by atoms with Crippen LogP contribution in [-0.4, -0.2) is 16.4 Å². The molecule has 3 aromatic rings. The molecule has 0 saturated heterocycles. The number of benzene rings is 1. The molecule has 7 nitrogen and oxygen atoms in total. The second-order valence-electron chi connectivity index (χ2n) is 7.23. The van der Waals surface area contributed by atoms with Crippen LogP contribution in [-0.2, 0) is 17.6 Å². The van der Waals surface area contributed by atoms with E-state index in [1.807, 2.05) is 6.07 Å². The first-order chi connectivity index (χ1) is 13.4. The van der Waals surface area contributed by atoms with E-state index in [9.17, 15) is 14.4 Å². The van der Waals surface area contributed by atoms with Crippen LogP contribution in [0.2, 0.25) is 0 Å². The van der Waals surface area contributed by atoms with Gasteiger partial charge in [0, 0.05) is 4.88 Å². The highest BCUT2D eigenvalue weighted by Crippen LogP contribution is 2.32. The lowest BCUT2D eigenvalue weighted by Gasteiger charge is -2.16. The number of hydrogen-bond donors (Lipinski definition) is 2. The number of para-hydroxylation sites is 2. The highest BCUT2D eigenvalue weighted by atomic mass is 32.1. The van der Waals surface area contributed by atoms with E-state index in [0.29, 0.717) is 21.9 Å². The molecule has 4 rings (SSSR count). The molecule has 1 aromatic carbocycles. The van der Waals surface area contributed by atoms with Gasteiger partial charge < -0.3 is 4.42 Å². The summed E-state index contributed by atoms with van der Waals surface area (Å²) >= 11 is 1.47. The summed E-state index contributed by atoms with van der Waals surface area (Å²) in [7, 11) is 0. The molecule has 2 aromatic heterocycles. The van der Waals surface area contributed by atoms with Gasteiger partial charge in [0.15, 0.2) is 5.58 Å². The first-order valence-electron chi connectivity index (χ1n) is 9.26. The number of thiophene rings is 1. The van der Waals surface area contributed by atoms with Crippen LogP contribution in [0.5, 0.6) is 0 Å². The summed E-state index contributed by atoms with van der Waals surface area (Å²) in [6, 6.07) is 7.96. The van der Waals surface area contributed by atoms with Crippen molar-refractivity contribution in [3.8, 4) is 0 Å². The van der Waals surface area contributed by atoms with E-state index in [4.69, 9.17) is 4.42 Å². The van der Waals surface area contributed by atoms with Crippen molar-refractivity contribution in [2.45, 2.75) is 39.2 Å². The average Bonchev–Trinajstić information content (AvgIpc) is 3.24. The second kappa shape index (κ2) is 7.27. The number of nitrogens with zero attached hydrogens (tertiary/aromatic N) is 1. The topological polar surface area (TPSA) is 93.3 Å². The molecule has 0 fully saturated rings. The molecule has 2 atom stereocenters. The van der Waals surface area contributed by atoms with Gasteiger partial charge in [0.1, 0.15) is 6.04 Å². The molecule has 8 heteroatoms. The SMILES string of the molecule is CC1CCc2sc(C(=O)NNC(=O)C(C)n3c(=O)oc4ccccc43)cc2C1. The molecule has 2 heterocycles. The average molecular weight is 399 g/mol. The van der Waals surface area contributed by atoms with Crippen molar-refractivity contribution in [1.82, 2.24) is 15.4 Å². The zero-order valence-corrected chi connectivity index (χ0v) is 16.5. The maximum absolute atomic E-state index is 12.5. The lowest BCUT2D eigenvalue weighted by Crippen LogP contribution is -2.45. The zero-order chi connectivity index (χ0) is 19.8. The number of hydrazine groups is 1. The maximum Gasteiger partial charge on any atom is 0.420 e. The highest BCUT2D eigenvalue weighted by molar-refractivity contribution is 7.14. The van der Waals surface area contributed by atoms with Gasteiger partial charge in [-0.15, -0.1) is 11.3 Å². The normalized spacial score (nSPS) is 17.1. The van der Waals surface area contributed by atoms with Crippen LogP contribution >= 0.6 is 11.3 Å². The van der Waals surface area contributed by atoms with E-state index in [1.54, 1.807) is 31.2 Å². The summed E-state index contributed by atoms with van der Waals surface area (Å²) in [6.07, 6.45) is 3.11. The lowest BCUT2D eigenvalue weighted by atomic mass is 9.90. The highest BCUT2D eigenvalue weighted by Gasteiger charge is 2.23. The van der Waals surface area contributed by atoms with E-state index in [2.05, 4.69) is 17.8 Å². The Labute approximate surface area is 165 Å². The molecular weight excluding hydrogens is 378 g/mol. The largest absolute Gasteiger partial charge is 0.420 e. The monoisotopic (exact) mass is 399 g/mol. The minimum atomic E-state index is -0.839. The molecule has 1 aliphatic carbocycles. The predicted molar refractivity (Wildman–Crippen MR) is 106 cm³/mol. The van der Waals surface area contributed by atoms with E-state index >= 15 is 0 Å². The Kier molecular flexibility index (Phi) is 4.80. The molecule has 2 amide bonds. The van der Waals surface area contributed by atoms with E-state index < -0.39 is 17.7 Å². The van der Waals surface area contributed by atoms with Crippen LogP contribution in [0.15, 0.2) is 39.5 Å². The number of aryl methyl sites for hydroxylation is 1. The molecule has 0 spiro atoms. The third-order valence-corrected chi connectivity index (χ3v) is 6.37. The number of amides is 2. The smallest absolute Gasteiger partial charge is 0.408 e. The summed E-state index contributed by atoms with van der Waals surface area (Å²) < 4.78 is 6.43. The molecule has 0 aliphatic heterocycles. The van der Waals surface area contributed by atoms with Gasteiger partial charge in [0.2, 0.25) is 0 Å². The summed E-state index contributed by atoms with van der Waals surface area (Å²) in [4.78, 5) is 38.9. The summed E-state index contributed by atoms with van der Waals surface area (Å²) in [5.41, 5.74) is 7.04. The number of rotatable bonds is 3. The van der Waals surface area contributed by atoms with Crippen molar-refractivity contribution in [1.29, 1.82) is 0 Å². The van der Waals surface area contributed by atoms with Crippen LogP contribution in [0.3, 0.4) is 0 Å². The lowest BCUT2D eigenvalue weighted by molar-refractivity contribution is -0.124. The first-order valence-corrected chi connectivity index (χ1v) is 10.1. The standard InChI is InChI=1S/C20H21N3O4S/c1-11-7-8-16-13(9-11)10-17(28-16)19(25)22-21-18(24)12(2)23-14-5-3-4-6-15(14)27-20(23)26/h3-6,10-12H,7-9H2,1-2H3,(H,21,24)(H,22,25). The molecule has 2 N–H and O–H groups in total. The summed E-state index contributed by atoms with van der Waals surface area (Å²) in [5, 5.41) is 0. The van der Waals surface area contributed by atoms with Gasteiger partial charge in [-0.3, -0.25) is 25.0 Å². The number of hydrogen-bond acceptors (Lipinski definition) is 5. The maximum atomic E-state index is 12.5. The van der Waals surface area contributed by atoms with Gasteiger partial charge in [-0.2, -0.15) is 0 Å². The van der Waals surface area contributed by atoms with Gasteiger partial charge in [-0.25, -0.2) is 4.79 Å². The number of oxazole rings is 1. The van der Waals surface area contributed by atoms with Crippen molar-refractivity contribution < 1.29 is 14.0 Å². The van der Waals surface area contributed by atoms with Crippen molar-refractivity contribution in [3.63, 3.8) is 0 Å². The van der Waals surface area contributed by atoms with Crippen LogP contribution in [0.4, 0.5) is 0 Å². The number of aromatic nitrogens is 1. The number of fused-ring (bicyclic) bond motifs is 2. The van der Waals surface area contributed by atoms with E-state index in [1.165, 1.54) is 26.3 Å². The van der Waals surface area contributed by atoms with Crippen molar-refractivity contribution in [3.05, 3.63) is 56.2 Å². The van der Waals surface area contributed by atoms with Crippen LogP contribution < -0.4 is 16.6 Å². The van der Waals surface area contributed by atoms with Gasteiger partial charge >= 0.3 is 5.76 Å². The number of nitrogens with one attached hydrogen (secondary N) is 2. The second-order valence-corrected chi connectivity index (χ2v) is 8.37. The first kappa shape index (κ1) is 18.5. The fourth-order valence-electron chi connectivity index (χ4n) is 3.57. The summed E-state index contributed by atoms with van der Waals surface area (Å²) in [5.74, 6) is -0.842. The fraction of sp³-hybridized carbons (Fsp3) is 0.350. The Hall–Kier alpha value is -2.87. The number of carbonyl (C=O) groups is 2. The van der Waals surface area contributed by atoms with Gasteiger partial charge in [-0.05, 0) is 55.9 Å². The molecule has 0 radical (unpaired) electrons. The Morgan fingerprint density at radius 3 is 2.89 bits per heavy atom. The Morgan fingerprint density at radius 1 is 1.29 bits per heavy atom. The molecule has 28 heavy (non-hydrogen) atoms. The Morgan fingerprint density at radius 2 is 2.07 bits per heavy atom. The Balaban J connectivity index is 1.44. The third-order valence-electron chi connectivity index (χ3n) is 5.14. The molecule has 1 aliphatic rings. The number of carbonyl (C=O) groups excluding carboxylic acids is 2. The van der Waals surface area contributed by atoms with Crippen LogP contribution in [0.1, 0.15) is 46.4 Å². The summed E-state index contributed by atoms with van der Waals surface area (Å²) in [6.45, 7) is 3.79. The third kappa shape index (κ3) is 3.35. The molecule has 2 unspecified atom stereocenters. The van der Waals surface area contributed by atoms with Crippen molar-refractivity contribution >= 4 is 34.3 Å². The minimum absolute atomic E-state index is 0.350. The Bertz CT molecular complexity index is 1110. The molecule has 0 bridgehead atoms. The molecule has 146 valence electrons. The van der Waals surface area contributed by atoms with Crippen molar-refractivity contribution in [2.75, 3.05) is 0 Å². The van der Waals surface area contributed by atoms with Gasteiger partial charge in [0.05, 0.1) is 10.4 Å². The molecule has 0 saturated carbocycles. The van der Waals surface area contributed by atoms with E-state index in [0.717, 1.165) is 19.3 Å². The molecular formula is C20H21N3O4S. The predicted octanol–water partition coefficient (Wildman–Crippen LogP) is 2.80. The van der Waals surface area contributed by atoms with Crippen LogP contribution in [0.25, 0.3) is 11.1 Å². The quantitative estimate of drug-likeness (QED) is 0.663.